The van der Waals surface area contributed by atoms with Crippen molar-refractivity contribution in [1.29, 1.82) is 0 Å². The molecule has 0 spiro atoms. The zero-order chi connectivity index (χ0) is 26.1. The number of aromatic nitrogens is 2. The van der Waals surface area contributed by atoms with E-state index < -0.39 is 21.8 Å². The van der Waals surface area contributed by atoms with Crippen LogP contribution < -0.4 is 10.0 Å². The molecule has 0 bridgehead atoms. The lowest BCUT2D eigenvalue weighted by Crippen LogP contribution is -2.16. The lowest BCUT2D eigenvalue weighted by molar-refractivity contribution is -0.137. The van der Waals surface area contributed by atoms with Crippen LogP contribution in [0.5, 0.6) is 0 Å². The van der Waals surface area contributed by atoms with Crippen molar-refractivity contribution in [3.8, 4) is 10.6 Å². The van der Waals surface area contributed by atoms with E-state index in [1.165, 1.54) is 40.9 Å². The Balaban J connectivity index is 1.42. The summed E-state index contributed by atoms with van der Waals surface area (Å²) in [6.45, 7) is 3.80. The molecule has 2 heterocycles. The van der Waals surface area contributed by atoms with Crippen molar-refractivity contribution in [1.82, 2.24) is 9.97 Å². The van der Waals surface area contributed by atoms with Gasteiger partial charge in [-0.05, 0) is 55.8 Å². The molecule has 7 nitrogen and oxygen atoms in total. The maximum absolute atomic E-state index is 12.7. The first-order valence-corrected chi connectivity index (χ1v) is 13.6. The van der Waals surface area contributed by atoms with E-state index in [0.717, 1.165) is 45.5 Å². The van der Waals surface area contributed by atoms with Crippen LogP contribution in [0.25, 0.3) is 10.6 Å². The minimum Gasteiger partial charge on any atom is -0.302 e. The Labute approximate surface area is 213 Å². The van der Waals surface area contributed by atoms with Gasteiger partial charge in [0.05, 0.1) is 38.2 Å². The van der Waals surface area contributed by atoms with E-state index in [4.69, 9.17) is 0 Å². The number of sulfonamides is 1. The average Bonchev–Trinajstić information content (AvgIpc) is 3.38. The predicted molar refractivity (Wildman–Crippen MR) is 134 cm³/mol. The standard InChI is InChI=1S/C23H19F3N4O3S3/c1-13-21(35-14(2)27-13)19-12-34-22(28-19)29-20(31)11-15-4-3-5-18(10-15)36(32,33)30-17-8-6-16(7-9-17)23(24,25)26/h3-10,12,30H,11H2,1-2H3,(H,28,29,31). The van der Waals surface area contributed by atoms with Crippen molar-refractivity contribution in [2.24, 2.45) is 0 Å². The lowest BCUT2D eigenvalue weighted by atomic mass is 10.1. The van der Waals surface area contributed by atoms with E-state index in [-0.39, 0.29) is 22.9 Å². The number of thiazole rings is 2. The van der Waals surface area contributed by atoms with E-state index in [1.54, 1.807) is 6.07 Å². The molecule has 0 saturated carbocycles. The van der Waals surface area contributed by atoms with Crippen LogP contribution in [-0.4, -0.2) is 24.3 Å². The smallest absolute Gasteiger partial charge is 0.302 e. The third-order valence-corrected chi connectivity index (χ3v) is 8.16. The van der Waals surface area contributed by atoms with Crippen LogP contribution in [0.1, 0.15) is 21.8 Å². The molecule has 188 valence electrons. The highest BCUT2D eigenvalue weighted by Gasteiger charge is 2.30. The molecular weight excluding hydrogens is 533 g/mol. The van der Waals surface area contributed by atoms with E-state index in [1.807, 2.05) is 19.2 Å². The number of carbonyl (C=O) groups excluding carboxylic acids is 1. The number of hydrogen-bond donors (Lipinski definition) is 2. The van der Waals surface area contributed by atoms with Crippen molar-refractivity contribution in [2.45, 2.75) is 31.3 Å². The second-order valence-electron chi connectivity index (χ2n) is 7.74. The third kappa shape index (κ3) is 6.09. The quantitative estimate of drug-likeness (QED) is 0.298. The molecule has 2 aromatic carbocycles. The zero-order valence-electron chi connectivity index (χ0n) is 18.9. The number of halogens is 3. The Morgan fingerprint density at radius 3 is 2.42 bits per heavy atom. The van der Waals surface area contributed by atoms with Crippen molar-refractivity contribution in [3.63, 3.8) is 0 Å². The van der Waals surface area contributed by atoms with Gasteiger partial charge in [0, 0.05) is 11.1 Å². The molecule has 1 amide bonds. The van der Waals surface area contributed by atoms with Crippen LogP contribution in [0, 0.1) is 13.8 Å². The monoisotopic (exact) mass is 552 g/mol. The van der Waals surface area contributed by atoms with Gasteiger partial charge >= 0.3 is 6.18 Å². The molecule has 0 fully saturated rings. The van der Waals surface area contributed by atoms with Crippen LogP contribution in [0.3, 0.4) is 0 Å². The predicted octanol–water partition coefficient (Wildman–Crippen LogP) is 5.88. The molecule has 0 unspecified atom stereocenters. The van der Waals surface area contributed by atoms with Crippen LogP contribution in [0.4, 0.5) is 24.0 Å². The fourth-order valence-electron chi connectivity index (χ4n) is 3.32. The SMILES string of the molecule is Cc1nc(C)c(-c2csc(NC(=O)Cc3cccc(S(=O)(=O)Nc4ccc(C(F)(F)F)cc4)c3)n2)s1. The number of hydrogen-bond acceptors (Lipinski definition) is 7. The number of alkyl halides is 3. The molecule has 0 aliphatic heterocycles. The maximum atomic E-state index is 12.7. The molecular formula is C23H19F3N4O3S3. The van der Waals surface area contributed by atoms with Gasteiger partial charge in [-0.2, -0.15) is 13.2 Å². The Morgan fingerprint density at radius 2 is 1.78 bits per heavy atom. The summed E-state index contributed by atoms with van der Waals surface area (Å²) in [7, 11) is -4.09. The largest absolute Gasteiger partial charge is 0.416 e. The summed E-state index contributed by atoms with van der Waals surface area (Å²) in [5.41, 5.74) is 1.12. The molecule has 2 N–H and O–H groups in total. The number of benzene rings is 2. The molecule has 0 atom stereocenters. The summed E-state index contributed by atoms with van der Waals surface area (Å²) in [6, 6.07) is 9.42. The van der Waals surface area contributed by atoms with Gasteiger partial charge in [-0.3, -0.25) is 9.52 Å². The third-order valence-electron chi connectivity index (χ3n) is 4.92. The van der Waals surface area contributed by atoms with Crippen molar-refractivity contribution in [3.05, 3.63) is 75.7 Å². The first-order chi connectivity index (χ1) is 16.9. The number of nitrogens with zero attached hydrogens (tertiary/aromatic N) is 2. The number of aryl methyl sites for hydroxylation is 2. The summed E-state index contributed by atoms with van der Waals surface area (Å²) in [6.07, 6.45) is -4.62. The van der Waals surface area contributed by atoms with Crippen LogP contribution in [-0.2, 0) is 27.4 Å². The van der Waals surface area contributed by atoms with Crippen LogP contribution >= 0.6 is 22.7 Å². The number of nitrogens with one attached hydrogen (secondary N) is 2. The second kappa shape index (κ2) is 9.99. The Bertz CT molecular complexity index is 1510. The summed E-state index contributed by atoms with van der Waals surface area (Å²) < 4.78 is 65.9. The first kappa shape index (κ1) is 25.8. The number of rotatable bonds is 7. The molecule has 0 radical (unpaired) electrons. The van der Waals surface area contributed by atoms with Crippen LogP contribution in [0.15, 0.2) is 58.8 Å². The average molecular weight is 553 g/mol. The van der Waals surface area contributed by atoms with Gasteiger partial charge in [0.1, 0.15) is 0 Å². The molecule has 13 heteroatoms. The fourth-order valence-corrected chi connectivity index (χ4v) is 6.12. The minimum absolute atomic E-state index is 0.0166. The highest BCUT2D eigenvalue weighted by molar-refractivity contribution is 7.92. The first-order valence-electron chi connectivity index (χ1n) is 10.4. The number of anilines is 2. The lowest BCUT2D eigenvalue weighted by Gasteiger charge is -2.11. The van der Waals surface area contributed by atoms with E-state index >= 15 is 0 Å². The molecule has 2 aromatic heterocycles. The van der Waals surface area contributed by atoms with Gasteiger partial charge in [-0.1, -0.05) is 12.1 Å². The summed E-state index contributed by atoms with van der Waals surface area (Å²) in [5, 5.41) is 5.88. The van der Waals surface area contributed by atoms with Gasteiger partial charge < -0.3 is 5.32 Å². The van der Waals surface area contributed by atoms with Crippen LogP contribution in [0.2, 0.25) is 0 Å². The number of amides is 1. The molecule has 0 aliphatic rings. The van der Waals surface area contributed by atoms with E-state index in [9.17, 15) is 26.4 Å². The minimum atomic E-state index is -4.52. The Hall–Kier alpha value is -3.29. The maximum Gasteiger partial charge on any atom is 0.416 e. The highest BCUT2D eigenvalue weighted by Crippen LogP contribution is 2.32. The molecule has 4 aromatic rings. The zero-order valence-corrected chi connectivity index (χ0v) is 21.3. The fraction of sp³-hybridized carbons (Fsp3) is 0.174. The molecule has 0 aliphatic carbocycles. The topological polar surface area (TPSA) is 101 Å². The normalized spacial score (nSPS) is 11.9. The van der Waals surface area contributed by atoms with Gasteiger partial charge in [-0.25, -0.2) is 18.4 Å². The van der Waals surface area contributed by atoms with Gasteiger partial charge in [0.25, 0.3) is 10.0 Å². The Morgan fingerprint density at radius 1 is 1.06 bits per heavy atom. The molecule has 36 heavy (non-hydrogen) atoms. The number of carbonyl (C=O) groups is 1. The summed E-state index contributed by atoms with van der Waals surface area (Å²) in [5.74, 6) is -0.377. The molecule has 4 rings (SSSR count). The van der Waals surface area contributed by atoms with Gasteiger partial charge in [0.15, 0.2) is 5.13 Å². The Kier molecular flexibility index (Phi) is 7.16. The van der Waals surface area contributed by atoms with Crippen molar-refractivity contribution < 1.29 is 26.4 Å². The molecule has 0 saturated heterocycles. The van der Waals surface area contributed by atoms with Crippen molar-refractivity contribution in [2.75, 3.05) is 10.0 Å². The highest BCUT2D eigenvalue weighted by atomic mass is 32.2. The van der Waals surface area contributed by atoms with E-state index in [2.05, 4.69) is 20.0 Å². The van der Waals surface area contributed by atoms with Gasteiger partial charge in [0.2, 0.25) is 5.91 Å². The van der Waals surface area contributed by atoms with Gasteiger partial charge in [-0.15, -0.1) is 22.7 Å². The summed E-state index contributed by atoms with van der Waals surface area (Å²) in [4.78, 5) is 22.2. The van der Waals surface area contributed by atoms with E-state index in [0.29, 0.717) is 10.7 Å². The van der Waals surface area contributed by atoms with Crippen molar-refractivity contribution >= 4 is 49.4 Å². The summed E-state index contributed by atoms with van der Waals surface area (Å²) >= 11 is 2.79. The second-order valence-corrected chi connectivity index (χ2v) is 11.5.